The Labute approximate surface area is 221 Å². The van der Waals surface area contributed by atoms with Crippen molar-refractivity contribution in [3.63, 3.8) is 0 Å². The number of ether oxygens (including phenoxy) is 8. The Balaban J connectivity index is 1.15. The first-order valence-electron chi connectivity index (χ1n) is 13.1. The lowest BCUT2D eigenvalue weighted by molar-refractivity contribution is 0.243. The monoisotopic (exact) mass is 518 g/mol. The molecule has 7 rings (SSSR count). The first-order chi connectivity index (χ1) is 18.8. The lowest BCUT2D eigenvalue weighted by Gasteiger charge is -2.19. The Hall–Kier alpha value is -3.30. The van der Waals surface area contributed by atoms with Crippen LogP contribution in [-0.2, 0) is 18.9 Å². The van der Waals surface area contributed by atoms with E-state index in [9.17, 15) is 0 Å². The van der Waals surface area contributed by atoms with Crippen molar-refractivity contribution in [1.82, 2.24) is 0 Å². The van der Waals surface area contributed by atoms with Gasteiger partial charge in [0.05, 0.1) is 32.0 Å². The fourth-order valence-electron chi connectivity index (χ4n) is 4.14. The SMILES string of the molecule is c1cc(-c2ccc(-c3c(OCC4CO4)cc(OCC4CO4)cc3OCC3CO3)cc2)ccc1OCC1CO1. The van der Waals surface area contributed by atoms with Gasteiger partial charge in [-0.15, -0.1) is 0 Å². The van der Waals surface area contributed by atoms with E-state index in [1.807, 2.05) is 24.3 Å². The molecule has 0 saturated carbocycles. The van der Waals surface area contributed by atoms with Gasteiger partial charge in [-0.1, -0.05) is 36.4 Å². The van der Waals surface area contributed by atoms with Crippen LogP contribution in [0.2, 0.25) is 0 Å². The maximum atomic E-state index is 6.24. The van der Waals surface area contributed by atoms with Crippen LogP contribution in [0.15, 0.2) is 60.7 Å². The zero-order valence-corrected chi connectivity index (χ0v) is 21.0. The highest BCUT2D eigenvalue weighted by atomic mass is 16.6. The fraction of sp³-hybridized carbons (Fsp3) is 0.400. The average Bonchev–Trinajstić information content (AvgIpc) is 3.79. The molecule has 4 atom stereocenters. The van der Waals surface area contributed by atoms with Crippen LogP contribution >= 0.6 is 0 Å². The molecule has 0 aromatic heterocycles. The van der Waals surface area contributed by atoms with E-state index < -0.39 is 0 Å². The Bertz CT molecular complexity index is 1210. The van der Waals surface area contributed by atoms with Gasteiger partial charge in [0, 0.05) is 12.1 Å². The Morgan fingerprint density at radius 2 is 0.842 bits per heavy atom. The summed E-state index contributed by atoms with van der Waals surface area (Å²) in [6.45, 7) is 5.03. The Kier molecular flexibility index (Phi) is 6.55. The summed E-state index contributed by atoms with van der Waals surface area (Å²) in [5, 5.41) is 0. The normalized spacial score (nSPS) is 24.4. The standard InChI is InChI=1S/C30H30O8/c1-3-21(4-2-19(1)20-5-7-22(8-6-20)31-11-24-13-33-24)30-28(37-17-26-15-35-26)9-23(32-12-25-14-34-25)10-29(30)38-18-27-16-36-27/h1-10,24-27H,11-18H2. The fourth-order valence-corrected chi connectivity index (χ4v) is 4.14. The third kappa shape index (κ3) is 6.22. The van der Waals surface area contributed by atoms with Crippen LogP contribution in [0.1, 0.15) is 0 Å². The maximum absolute atomic E-state index is 6.24. The molecular formula is C30H30O8. The molecule has 4 fully saturated rings. The highest BCUT2D eigenvalue weighted by Gasteiger charge is 2.28. The van der Waals surface area contributed by atoms with Gasteiger partial charge in [0.2, 0.25) is 0 Å². The van der Waals surface area contributed by atoms with Gasteiger partial charge in [0.1, 0.15) is 73.8 Å². The van der Waals surface area contributed by atoms with Gasteiger partial charge in [0.25, 0.3) is 0 Å². The van der Waals surface area contributed by atoms with Gasteiger partial charge >= 0.3 is 0 Å². The highest BCUT2D eigenvalue weighted by molar-refractivity contribution is 5.80. The van der Waals surface area contributed by atoms with E-state index in [-0.39, 0.29) is 24.4 Å². The molecule has 198 valence electrons. The molecule has 0 amide bonds. The van der Waals surface area contributed by atoms with Gasteiger partial charge in [-0.05, 0) is 28.8 Å². The second-order valence-electron chi connectivity index (χ2n) is 9.96. The van der Waals surface area contributed by atoms with Crippen molar-refractivity contribution in [3.05, 3.63) is 60.7 Å². The number of epoxide rings is 4. The molecule has 0 radical (unpaired) electrons. The minimum atomic E-state index is 0.127. The topological polar surface area (TPSA) is 87.0 Å². The van der Waals surface area contributed by atoms with Crippen LogP contribution in [0.3, 0.4) is 0 Å². The van der Waals surface area contributed by atoms with E-state index in [2.05, 4.69) is 36.4 Å². The molecule has 4 unspecified atom stereocenters. The van der Waals surface area contributed by atoms with Gasteiger partial charge < -0.3 is 37.9 Å². The molecule has 0 bridgehead atoms. The van der Waals surface area contributed by atoms with E-state index in [1.165, 1.54) is 0 Å². The summed E-state index contributed by atoms with van der Waals surface area (Å²) in [6, 6.07) is 20.4. The van der Waals surface area contributed by atoms with Crippen LogP contribution < -0.4 is 18.9 Å². The van der Waals surface area contributed by atoms with Gasteiger partial charge in [-0.25, -0.2) is 0 Å². The smallest absolute Gasteiger partial charge is 0.134 e. The van der Waals surface area contributed by atoms with E-state index in [1.54, 1.807) is 0 Å². The van der Waals surface area contributed by atoms with Gasteiger partial charge in [-0.2, -0.15) is 0 Å². The molecular weight excluding hydrogens is 488 g/mol. The lowest BCUT2D eigenvalue weighted by atomic mass is 9.98. The van der Waals surface area contributed by atoms with E-state index in [0.717, 1.165) is 54.4 Å². The number of hydrogen-bond acceptors (Lipinski definition) is 8. The molecule has 4 saturated heterocycles. The van der Waals surface area contributed by atoms with E-state index in [0.29, 0.717) is 43.7 Å². The third-order valence-corrected chi connectivity index (χ3v) is 6.73. The van der Waals surface area contributed by atoms with Crippen molar-refractivity contribution < 1.29 is 37.9 Å². The second-order valence-corrected chi connectivity index (χ2v) is 9.96. The van der Waals surface area contributed by atoms with Crippen molar-refractivity contribution >= 4 is 0 Å². The first kappa shape index (κ1) is 23.8. The van der Waals surface area contributed by atoms with Crippen molar-refractivity contribution in [3.8, 4) is 45.3 Å². The van der Waals surface area contributed by atoms with Crippen molar-refractivity contribution in [2.45, 2.75) is 24.4 Å². The second kappa shape index (κ2) is 10.5. The molecule has 0 N–H and O–H groups in total. The lowest BCUT2D eigenvalue weighted by Crippen LogP contribution is -2.10. The van der Waals surface area contributed by atoms with Crippen LogP contribution in [0.4, 0.5) is 0 Å². The summed E-state index contributed by atoms with van der Waals surface area (Å²) in [6.07, 6.45) is 0.653. The summed E-state index contributed by atoms with van der Waals surface area (Å²) in [5.41, 5.74) is 4.10. The van der Waals surface area contributed by atoms with Crippen molar-refractivity contribution in [1.29, 1.82) is 0 Å². The molecule has 8 heteroatoms. The summed E-state index contributed by atoms with van der Waals surface area (Å²) in [5.74, 6) is 2.94. The minimum absolute atomic E-state index is 0.127. The largest absolute Gasteiger partial charge is 0.491 e. The molecule has 4 aliphatic heterocycles. The maximum Gasteiger partial charge on any atom is 0.134 e. The predicted molar refractivity (Wildman–Crippen MR) is 138 cm³/mol. The molecule has 0 spiro atoms. The molecule has 3 aromatic rings. The highest BCUT2D eigenvalue weighted by Crippen LogP contribution is 2.43. The van der Waals surface area contributed by atoms with Crippen molar-refractivity contribution in [2.75, 3.05) is 52.9 Å². The van der Waals surface area contributed by atoms with Crippen LogP contribution in [0.5, 0.6) is 23.0 Å². The number of hydrogen-bond donors (Lipinski definition) is 0. The predicted octanol–water partition coefficient (Wildman–Crippen LogP) is 4.13. The zero-order valence-electron chi connectivity index (χ0n) is 21.0. The molecule has 3 aromatic carbocycles. The summed E-state index contributed by atoms with van der Waals surface area (Å²) in [7, 11) is 0. The Morgan fingerprint density at radius 1 is 0.474 bits per heavy atom. The molecule has 4 aliphatic rings. The molecule has 4 heterocycles. The van der Waals surface area contributed by atoms with Crippen molar-refractivity contribution in [2.24, 2.45) is 0 Å². The van der Waals surface area contributed by atoms with Gasteiger partial charge in [0.15, 0.2) is 0 Å². The number of rotatable bonds is 14. The van der Waals surface area contributed by atoms with E-state index >= 15 is 0 Å². The first-order valence-corrected chi connectivity index (χ1v) is 13.1. The summed E-state index contributed by atoms with van der Waals surface area (Å²) < 4.78 is 45.5. The van der Waals surface area contributed by atoms with E-state index in [4.69, 9.17) is 37.9 Å². The van der Waals surface area contributed by atoms with Crippen LogP contribution in [0, 0.1) is 0 Å². The quantitative estimate of drug-likeness (QED) is 0.295. The molecule has 0 aliphatic carbocycles. The van der Waals surface area contributed by atoms with Crippen LogP contribution in [-0.4, -0.2) is 77.3 Å². The Morgan fingerprint density at radius 3 is 1.29 bits per heavy atom. The van der Waals surface area contributed by atoms with Gasteiger partial charge in [-0.3, -0.25) is 0 Å². The van der Waals surface area contributed by atoms with Crippen LogP contribution in [0.25, 0.3) is 22.3 Å². The average molecular weight is 519 g/mol. The summed E-state index contributed by atoms with van der Waals surface area (Å²) in [4.78, 5) is 0. The molecule has 38 heavy (non-hydrogen) atoms. The molecule has 8 nitrogen and oxygen atoms in total. The summed E-state index contributed by atoms with van der Waals surface area (Å²) >= 11 is 0. The third-order valence-electron chi connectivity index (χ3n) is 6.73. The number of benzene rings is 3. The minimum Gasteiger partial charge on any atom is -0.491 e. The zero-order chi connectivity index (χ0) is 25.3.